The van der Waals surface area contributed by atoms with Gasteiger partial charge in [-0.1, -0.05) is 6.07 Å². The minimum Gasteiger partial charge on any atom is -0.465 e. The van der Waals surface area contributed by atoms with Gasteiger partial charge in [-0.2, -0.15) is 0 Å². The van der Waals surface area contributed by atoms with Crippen molar-refractivity contribution in [2.45, 2.75) is 20.5 Å². The van der Waals surface area contributed by atoms with E-state index in [9.17, 15) is 19.7 Å². The monoisotopic (exact) mass is 333 g/mol. The molecule has 1 aromatic carbocycles. The van der Waals surface area contributed by atoms with E-state index in [1.807, 2.05) is 0 Å². The van der Waals surface area contributed by atoms with Crippen LogP contribution in [0, 0.1) is 24.0 Å². The summed E-state index contributed by atoms with van der Waals surface area (Å²) in [5.74, 6) is -0.670. The summed E-state index contributed by atoms with van der Waals surface area (Å²) < 4.78 is 15.0. The number of nitro benzene ring substituents is 1. The fraction of sp³-hybridized carbons (Fsp3) is 0.250. The Labute approximate surface area is 137 Å². The molecule has 1 heterocycles. The lowest BCUT2D eigenvalue weighted by Crippen LogP contribution is -2.06. The molecule has 0 atom stereocenters. The van der Waals surface area contributed by atoms with Crippen molar-refractivity contribution in [3.63, 3.8) is 0 Å². The second-order valence-electron chi connectivity index (χ2n) is 5.01. The van der Waals surface area contributed by atoms with Crippen LogP contribution >= 0.6 is 0 Å². The number of aryl methyl sites for hydroxylation is 2. The maximum atomic E-state index is 12.0. The van der Waals surface area contributed by atoms with Crippen molar-refractivity contribution in [2.75, 3.05) is 7.11 Å². The van der Waals surface area contributed by atoms with E-state index in [2.05, 4.69) is 4.74 Å². The molecule has 0 radical (unpaired) electrons. The number of methoxy groups -OCH3 is 1. The maximum absolute atomic E-state index is 12.0. The molecule has 1 aromatic heterocycles. The van der Waals surface area contributed by atoms with Crippen molar-refractivity contribution in [2.24, 2.45) is 0 Å². The molecule has 0 fully saturated rings. The highest BCUT2D eigenvalue weighted by Gasteiger charge is 2.18. The van der Waals surface area contributed by atoms with Gasteiger partial charge < -0.3 is 13.9 Å². The fourth-order valence-corrected chi connectivity index (χ4v) is 2.08. The van der Waals surface area contributed by atoms with Crippen LogP contribution in [-0.2, 0) is 16.1 Å². The van der Waals surface area contributed by atoms with Gasteiger partial charge in [-0.3, -0.25) is 10.1 Å². The first-order chi connectivity index (χ1) is 11.3. The summed E-state index contributed by atoms with van der Waals surface area (Å²) in [6.07, 6.45) is 0. The van der Waals surface area contributed by atoms with Crippen LogP contribution in [0.15, 0.2) is 28.7 Å². The first kappa shape index (κ1) is 17.2. The van der Waals surface area contributed by atoms with Gasteiger partial charge in [0.25, 0.3) is 5.69 Å². The number of carbonyl (C=O) groups is 2. The van der Waals surface area contributed by atoms with Crippen molar-refractivity contribution in [3.05, 3.63) is 62.6 Å². The van der Waals surface area contributed by atoms with Gasteiger partial charge in [-0.25, -0.2) is 9.59 Å². The molecule has 0 saturated carbocycles. The SMILES string of the molecule is COC(=O)c1cc(COC(=O)c2ccc(C)c([N+](=O)[O-])c2)oc1C. The summed E-state index contributed by atoms with van der Waals surface area (Å²) in [6.45, 7) is 2.95. The van der Waals surface area contributed by atoms with Crippen LogP contribution in [0.5, 0.6) is 0 Å². The molecule has 8 nitrogen and oxygen atoms in total. The zero-order chi connectivity index (χ0) is 17.9. The van der Waals surface area contributed by atoms with Gasteiger partial charge in [0.15, 0.2) is 0 Å². The molecule has 126 valence electrons. The quantitative estimate of drug-likeness (QED) is 0.470. The van der Waals surface area contributed by atoms with E-state index in [-0.39, 0.29) is 29.2 Å². The second kappa shape index (κ2) is 6.95. The Morgan fingerprint density at radius 1 is 1.21 bits per heavy atom. The molecule has 0 unspecified atom stereocenters. The summed E-state index contributed by atoms with van der Waals surface area (Å²) in [5, 5.41) is 10.9. The first-order valence-electron chi connectivity index (χ1n) is 6.93. The van der Waals surface area contributed by atoms with E-state index in [4.69, 9.17) is 9.15 Å². The van der Waals surface area contributed by atoms with Gasteiger partial charge in [0.2, 0.25) is 0 Å². The first-order valence-corrected chi connectivity index (χ1v) is 6.93. The molecule has 0 saturated heterocycles. The molecular formula is C16H15NO7. The van der Waals surface area contributed by atoms with E-state index in [0.717, 1.165) is 6.07 Å². The molecule has 0 spiro atoms. The molecule has 0 aliphatic heterocycles. The van der Waals surface area contributed by atoms with Crippen LogP contribution in [-0.4, -0.2) is 24.0 Å². The highest BCUT2D eigenvalue weighted by atomic mass is 16.6. The summed E-state index contributed by atoms with van der Waals surface area (Å²) in [7, 11) is 1.25. The molecule has 0 amide bonds. The Morgan fingerprint density at radius 2 is 1.92 bits per heavy atom. The number of ether oxygens (including phenoxy) is 2. The summed E-state index contributed by atoms with van der Waals surface area (Å²) >= 11 is 0. The smallest absolute Gasteiger partial charge is 0.341 e. The Morgan fingerprint density at radius 3 is 2.54 bits per heavy atom. The van der Waals surface area contributed by atoms with Crippen LogP contribution in [0.3, 0.4) is 0 Å². The third-order valence-corrected chi connectivity index (χ3v) is 3.36. The number of furan rings is 1. The normalized spacial score (nSPS) is 10.3. The van der Waals surface area contributed by atoms with Gasteiger partial charge in [0.05, 0.1) is 17.6 Å². The summed E-state index contributed by atoms with van der Waals surface area (Å²) in [6, 6.07) is 5.50. The van der Waals surface area contributed by atoms with E-state index in [1.54, 1.807) is 13.8 Å². The molecule has 0 bridgehead atoms. The van der Waals surface area contributed by atoms with Crippen molar-refractivity contribution < 1.29 is 28.4 Å². The van der Waals surface area contributed by atoms with E-state index in [0.29, 0.717) is 11.3 Å². The summed E-state index contributed by atoms with van der Waals surface area (Å²) in [4.78, 5) is 33.8. The molecule has 0 aliphatic rings. The van der Waals surface area contributed by atoms with Gasteiger partial charge in [0.1, 0.15) is 23.7 Å². The number of hydrogen-bond donors (Lipinski definition) is 0. The number of nitro groups is 1. The van der Waals surface area contributed by atoms with Crippen molar-refractivity contribution in [1.82, 2.24) is 0 Å². The number of carbonyl (C=O) groups excluding carboxylic acids is 2. The Bertz CT molecular complexity index is 807. The van der Waals surface area contributed by atoms with Gasteiger partial charge in [0, 0.05) is 11.6 Å². The third kappa shape index (κ3) is 3.60. The van der Waals surface area contributed by atoms with Crippen LogP contribution < -0.4 is 0 Å². The molecular weight excluding hydrogens is 318 g/mol. The van der Waals surface area contributed by atoms with Gasteiger partial charge in [-0.15, -0.1) is 0 Å². The zero-order valence-corrected chi connectivity index (χ0v) is 13.3. The maximum Gasteiger partial charge on any atom is 0.341 e. The van der Waals surface area contributed by atoms with Gasteiger partial charge in [-0.05, 0) is 26.0 Å². The number of benzene rings is 1. The highest BCUT2D eigenvalue weighted by Crippen LogP contribution is 2.21. The number of esters is 2. The van der Waals surface area contributed by atoms with E-state index >= 15 is 0 Å². The van der Waals surface area contributed by atoms with Crippen LogP contribution in [0.4, 0.5) is 5.69 Å². The third-order valence-electron chi connectivity index (χ3n) is 3.36. The minimum atomic E-state index is -0.730. The molecule has 0 aliphatic carbocycles. The lowest BCUT2D eigenvalue weighted by Gasteiger charge is -2.04. The molecule has 0 N–H and O–H groups in total. The number of rotatable bonds is 5. The lowest BCUT2D eigenvalue weighted by molar-refractivity contribution is -0.385. The average Bonchev–Trinajstić information content (AvgIpc) is 2.93. The average molecular weight is 333 g/mol. The fourth-order valence-electron chi connectivity index (χ4n) is 2.08. The Balaban J connectivity index is 2.10. The molecule has 2 rings (SSSR count). The van der Waals surface area contributed by atoms with Crippen LogP contribution in [0.1, 0.15) is 37.8 Å². The topological polar surface area (TPSA) is 109 Å². The van der Waals surface area contributed by atoms with Crippen molar-refractivity contribution in [3.8, 4) is 0 Å². The van der Waals surface area contributed by atoms with Crippen molar-refractivity contribution >= 4 is 17.6 Å². The minimum absolute atomic E-state index is 0.0590. The molecule has 24 heavy (non-hydrogen) atoms. The molecule has 2 aromatic rings. The van der Waals surface area contributed by atoms with E-state index < -0.39 is 16.9 Å². The standard InChI is InChI=1S/C16H15NO7/c1-9-4-5-11(6-14(9)17(20)21)15(18)23-8-12-7-13(10(2)24-12)16(19)22-3/h4-7H,8H2,1-3H3. The van der Waals surface area contributed by atoms with Gasteiger partial charge >= 0.3 is 11.9 Å². The number of nitrogens with zero attached hydrogens (tertiary/aromatic N) is 1. The van der Waals surface area contributed by atoms with Crippen LogP contribution in [0.2, 0.25) is 0 Å². The second-order valence-corrected chi connectivity index (χ2v) is 5.01. The lowest BCUT2D eigenvalue weighted by atomic mass is 10.1. The Kier molecular flexibility index (Phi) is 4.98. The van der Waals surface area contributed by atoms with E-state index in [1.165, 1.54) is 25.3 Å². The zero-order valence-electron chi connectivity index (χ0n) is 13.3. The Hall–Kier alpha value is -3.16. The summed E-state index contributed by atoms with van der Waals surface area (Å²) in [5.41, 5.74) is 0.588. The molecule has 8 heteroatoms. The number of hydrogen-bond acceptors (Lipinski definition) is 7. The highest BCUT2D eigenvalue weighted by molar-refractivity contribution is 5.91. The predicted molar refractivity (Wildman–Crippen MR) is 81.7 cm³/mol. The van der Waals surface area contributed by atoms with Crippen LogP contribution in [0.25, 0.3) is 0 Å². The predicted octanol–water partition coefficient (Wildman–Crippen LogP) is 2.95. The van der Waals surface area contributed by atoms with Crippen molar-refractivity contribution in [1.29, 1.82) is 0 Å². The largest absolute Gasteiger partial charge is 0.465 e.